The lowest BCUT2D eigenvalue weighted by Gasteiger charge is -2.14. The molecular formula is C12H16ClNS. The van der Waals surface area contributed by atoms with E-state index in [0.717, 1.165) is 5.02 Å². The highest BCUT2D eigenvalue weighted by atomic mass is 35.5. The summed E-state index contributed by atoms with van der Waals surface area (Å²) < 4.78 is 0. The molecule has 0 aromatic heterocycles. The van der Waals surface area contributed by atoms with Crippen molar-refractivity contribution in [2.24, 2.45) is 0 Å². The van der Waals surface area contributed by atoms with Crippen LogP contribution in [0.5, 0.6) is 0 Å². The molecule has 15 heavy (non-hydrogen) atoms. The van der Waals surface area contributed by atoms with Gasteiger partial charge < -0.3 is 0 Å². The lowest BCUT2D eigenvalue weighted by Crippen LogP contribution is -2.24. The molecule has 1 N–H and O–H groups in total. The maximum Gasteiger partial charge on any atom is 0.0794 e. The van der Waals surface area contributed by atoms with Gasteiger partial charge in [0.25, 0.3) is 0 Å². The lowest BCUT2D eigenvalue weighted by molar-refractivity contribution is 0.560. The van der Waals surface area contributed by atoms with Gasteiger partial charge in [-0.2, -0.15) is 0 Å². The molecule has 2 unspecified atom stereocenters. The molecule has 1 aromatic carbocycles. The summed E-state index contributed by atoms with van der Waals surface area (Å²) in [4.78, 5) is 0. The normalized spacial score (nSPS) is 25.8. The minimum absolute atomic E-state index is 0.451. The Balaban J connectivity index is 2.17. The molecule has 1 heterocycles. The van der Waals surface area contributed by atoms with E-state index in [-0.39, 0.29) is 0 Å². The van der Waals surface area contributed by atoms with Crippen LogP contribution >= 0.6 is 23.4 Å². The Morgan fingerprint density at radius 1 is 1.53 bits per heavy atom. The van der Waals surface area contributed by atoms with Gasteiger partial charge in [0, 0.05) is 16.8 Å². The summed E-state index contributed by atoms with van der Waals surface area (Å²) in [5, 5.41) is 4.91. The molecule has 1 aromatic rings. The van der Waals surface area contributed by atoms with E-state index in [4.69, 9.17) is 11.6 Å². The Bertz CT molecular complexity index is 353. The van der Waals surface area contributed by atoms with Gasteiger partial charge in [-0.15, -0.1) is 11.8 Å². The molecule has 1 aliphatic heterocycles. The molecule has 1 nitrogen and oxygen atoms in total. The molecule has 1 saturated heterocycles. The fourth-order valence-electron chi connectivity index (χ4n) is 1.87. The van der Waals surface area contributed by atoms with Crippen LogP contribution in [0.1, 0.15) is 29.8 Å². The first-order valence-corrected chi connectivity index (χ1v) is 6.77. The zero-order valence-corrected chi connectivity index (χ0v) is 10.7. The largest absolute Gasteiger partial charge is 0.298 e. The van der Waals surface area contributed by atoms with E-state index in [1.54, 1.807) is 0 Å². The van der Waals surface area contributed by atoms with E-state index >= 15 is 0 Å². The van der Waals surface area contributed by atoms with E-state index < -0.39 is 0 Å². The number of benzene rings is 1. The monoisotopic (exact) mass is 241 g/mol. The van der Waals surface area contributed by atoms with Gasteiger partial charge in [0.2, 0.25) is 0 Å². The molecule has 0 bridgehead atoms. The summed E-state index contributed by atoms with van der Waals surface area (Å²) in [6, 6.07) is 6.82. The standard InChI is InChI=1S/C12H16ClNS/c1-3-10-7-15-12(14-10)11-5-4-9(13)6-8(11)2/h4-6,10,12,14H,3,7H2,1-2H3. The minimum atomic E-state index is 0.451. The van der Waals surface area contributed by atoms with E-state index in [1.807, 2.05) is 23.9 Å². The second-order valence-corrected chi connectivity index (χ2v) is 5.56. The zero-order valence-electron chi connectivity index (χ0n) is 9.09. The first-order valence-electron chi connectivity index (χ1n) is 5.34. The number of rotatable bonds is 2. The Kier molecular flexibility index (Phi) is 3.60. The third-order valence-electron chi connectivity index (χ3n) is 2.86. The third kappa shape index (κ3) is 2.49. The molecule has 2 atom stereocenters. The summed E-state index contributed by atoms with van der Waals surface area (Å²) in [6.45, 7) is 4.36. The topological polar surface area (TPSA) is 12.0 Å². The third-order valence-corrected chi connectivity index (χ3v) is 4.41. The predicted molar refractivity (Wildman–Crippen MR) is 68.6 cm³/mol. The maximum absolute atomic E-state index is 5.95. The molecule has 3 heteroatoms. The number of hydrogen-bond acceptors (Lipinski definition) is 2. The van der Waals surface area contributed by atoms with Gasteiger partial charge in [0.05, 0.1) is 5.37 Å². The second kappa shape index (κ2) is 4.77. The van der Waals surface area contributed by atoms with Gasteiger partial charge >= 0.3 is 0 Å². The Labute approximate surface area is 101 Å². The number of hydrogen-bond donors (Lipinski definition) is 1. The molecule has 1 aliphatic rings. The first-order chi connectivity index (χ1) is 7.20. The lowest BCUT2D eigenvalue weighted by atomic mass is 10.1. The van der Waals surface area contributed by atoms with Crippen molar-refractivity contribution in [3.8, 4) is 0 Å². The molecule has 82 valence electrons. The Morgan fingerprint density at radius 2 is 2.33 bits per heavy atom. The van der Waals surface area contributed by atoms with Gasteiger partial charge in [-0.25, -0.2) is 0 Å². The smallest absolute Gasteiger partial charge is 0.0794 e. The summed E-state index contributed by atoms with van der Waals surface area (Å²) in [5.41, 5.74) is 2.66. The molecule has 1 fully saturated rings. The van der Waals surface area contributed by atoms with Gasteiger partial charge in [-0.3, -0.25) is 5.32 Å². The van der Waals surface area contributed by atoms with Crippen LogP contribution in [-0.2, 0) is 0 Å². The van der Waals surface area contributed by atoms with Crippen molar-refractivity contribution in [2.75, 3.05) is 5.75 Å². The second-order valence-electron chi connectivity index (χ2n) is 3.99. The summed E-state index contributed by atoms with van der Waals surface area (Å²) in [7, 11) is 0. The van der Waals surface area contributed by atoms with Gasteiger partial charge in [0.1, 0.15) is 0 Å². The minimum Gasteiger partial charge on any atom is -0.298 e. The number of nitrogens with one attached hydrogen (secondary N) is 1. The summed E-state index contributed by atoms with van der Waals surface area (Å²) in [6.07, 6.45) is 1.20. The summed E-state index contributed by atoms with van der Waals surface area (Å²) in [5.74, 6) is 1.21. The molecule has 0 amide bonds. The summed E-state index contributed by atoms with van der Waals surface area (Å²) >= 11 is 7.95. The quantitative estimate of drug-likeness (QED) is 0.846. The van der Waals surface area contributed by atoms with Crippen LogP contribution in [0.4, 0.5) is 0 Å². The van der Waals surface area contributed by atoms with Crippen LogP contribution in [0.25, 0.3) is 0 Å². The SMILES string of the molecule is CCC1CSC(c2ccc(Cl)cc2C)N1. The molecular weight excluding hydrogens is 226 g/mol. The predicted octanol–water partition coefficient (Wildman–Crippen LogP) is 3.76. The van der Waals surface area contributed by atoms with Crippen LogP contribution in [-0.4, -0.2) is 11.8 Å². The maximum atomic E-state index is 5.95. The van der Waals surface area contributed by atoms with Crippen LogP contribution in [0.3, 0.4) is 0 Å². The van der Waals surface area contributed by atoms with E-state index in [2.05, 4.69) is 25.2 Å². The van der Waals surface area contributed by atoms with Crippen LogP contribution in [0.15, 0.2) is 18.2 Å². The van der Waals surface area contributed by atoms with Crippen molar-refractivity contribution < 1.29 is 0 Å². The fraction of sp³-hybridized carbons (Fsp3) is 0.500. The van der Waals surface area contributed by atoms with Crippen molar-refractivity contribution in [1.29, 1.82) is 0 Å². The van der Waals surface area contributed by atoms with Crippen molar-refractivity contribution in [1.82, 2.24) is 5.32 Å². The average molecular weight is 242 g/mol. The molecule has 0 aliphatic carbocycles. The Hall–Kier alpha value is -0.180. The van der Waals surface area contributed by atoms with Crippen LogP contribution < -0.4 is 5.32 Å². The number of halogens is 1. The Morgan fingerprint density at radius 3 is 2.93 bits per heavy atom. The highest BCUT2D eigenvalue weighted by Crippen LogP contribution is 2.35. The number of thioether (sulfide) groups is 1. The first kappa shape index (κ1) is 11.3. The molecule has 0 radical (unpaired) electrons. The molecule has 2 rings (SSSR count). The van der Waals surface area contributed by atoms with Gasteiger partial charge in [-0.1, -0.05) is 24.6 Å². The van der Waals surface area contributed by atoms with Gasteiger partial charge in [0.15, 0.2) is 0 Å². The van der Waals surface area contributed by atoms with Gasteiger partial charge in [-0.05, 0) is 36.6 Å². The van der Waals surface area contributed by atoms with E-state index in [1.165, 1.54) is 23.3 Å². The molecule has 0 spiro atoms. The number of aryl methyl sites for hydroxylation is 1. The van der Waals surface area contributed by atoms with Crippen molar-refractivity contribution in [3.05, 3.63) is 34.3 Å². The van der Waals surface area contributed by atoms with E-state index in [9.17, 15) is 0 Å². The van der Waals surface area contributed by atoms with Crippen molar-refractivity contribution in [2.45, 2.75) is 31.7 Å². The fourth-order valence-corrected chi connectivity index (χ4v) is 3.59. The highest BCUT2D eigenvalue weighted by molar-refractivity contribution is 7.99. The molecule has 0 saturated carbocycles. The average Bonchev–Trinajstić information content (AvgIpc) is 2.66. The van der Waals surface area contributed by atoms with Crippen molar-refractivity contribution >= 4 is 23.4 Å². The van der Waals surface area contributed by atoms with E-state index in [0.29, 0.717) is 11.4 Å². The van der Waals surface area contributed by atoms with Crippen LogP contribution in [0.2, 0.25) is 5.02 Å². The van der Waals surface area contributed by atoms with Crippen molar-refractivity contribution in [3.63, 3.8) is 0 Å². The van der Waals surface area contributed by atoms with Crippen LogP contribution in [0, 0.1) is 6.92 Å². The zero-order chi connectivity index (χ0) is 10.8. The highest BCUT2D eigenvalue weighted by Gasteiger charge is 2.24.